The molecule has 2 aliphatic rings. The highest BCUT2D eigenvalue weighted by Gasteiger charge is 2.54. The Hall–Kier alpha value is -6.16. The Morgan fingerprint density at radius 3 is 2.57 bits per heavy atom. The summed E-state index contributed by atoms with van der Waals surface area (Å²) in [5, 5.41) is 48.9. The molecule has 0 aliphatic carbocycles. The van der Waals surface area contributed by atoms with E-state index in [2.05, 4.69) is 25.8 Å². The highest BCUT2D eigenvalue weighted by molar-refractivity contribution is 8.00. The average Bonchev–Trinajstić information content (AvgIpc) is 3.54. The Kier molecular flexibility index (Phi) is 10.9. The van der Waals surface area contributed by atoms with Crippen molar-refractivity contribution < 1.29 is 53.8 Å². The first-order valence-corrected chi connectivity index (χ1v) is 17.5. The van der Waals surface area contributed by atoms with E-state index in [1.54, 1.807) is 17.8 Å². The van der Waals surface area contributed by atoms with Crippen LogP contribution in [0.1, 0.15) is 29.9 Å². The third kappa shape index (κ3) is 8.17. The highest BCUT2D eigenvalue weighted by Crippen LogP contribution is 2.40. The molecule has 20 nitrogen and oxygen atoms in total. The van der Waals surface area contributed by atoms with Crippen molar-refractivity contribution in [3.63, 3.8) is 0 Å². The van der Waals surface area contributed by atoms with Crippen molar-refractivity contribution in [2.24, 2.45) is 5.16 Å². The number of amides is 3. The van der Waals surface area contributed by atoms with Crippen molar-refractivity contribution in [3.05, 3.63) is 58.6 Å². The van der Waals surface area contributed by atoms with Gasteiger partial charge >= 0.3 is 11.9 Å². The van der Waals surface area contributed by atoms with E-state index < -0.39 is 58.1 Å². The molecule has 5 rings (SSSR count). The second kappa shape index (κ2) is 15.2. The monoisotopic (exact) mass is 771 g/mol. The Morgan fingerprint density at radius 1 is 1.19 bits per heavy atom. The second-order valence-electron chi connectivity index (χ2n) is 12.2. The first-order valence-electron chi connectivity index (χ1n) is 15.6. The molecule has 10 N–H and O–H groups in total. The van der Waals surface area contributed by atoms with E-state index in [9.17, 15) is 44.4 Å². The van der Waals surface area contributed by atoms with E-state index in [4.69, 9.17) is 16.3 Å². The summed E-state index contributed by atoms with van der Waals surface area (Å²) in [5.41, 5.74) is 10.2. The fourth-order valence-electron chi connectivity index (χ4n) is 5.07. The van der Waals surface area contributed by atoms with Crippen LogP contribution in [-0.2, 0) is 30.6 Å². The number of phenols is 2. The number of thiazole rings is 1. The second-order valence-corrected chi connectivity index (χ2v) is 14.2. The number of nitrogens with one attached hydrogen (secondary N) is 2. The van der Waals surface area contributed by atoms with Crippen molar-refractivity contribution in [1.29, 1.82) is 0 Å². The van der Waals surface area contributed by atoms with Gasteiger partial charge in [-0.15, -0.1) is 23.1 Å². The summed E-state index contributed by atoms with van der Waals surface area (Å²) < 4.78 is 1.58. The maximum atomic E-state index is 13.4. The van der Waals surface area contributed by atoms with Crippen LogP contribution in [0.3, 0.4) is 0 Å². The van der Waals surface area contributed by atoms with Gasteiger partial charge < -0.3 is 52.3 Å². The topological polar surface area (TPSA) is 300 Å². The van der Waals surface area contributed by atoms with E-state index in [-0.39, 0.29) is 59.0 Å². The van der Waals surface area contributed by atoms with Gasteiger partial charge in [-0.3, -0.25) is 19.3 Å². The van der Waals surface area contributed by atoms with Crippen LogP contribution in [0, 0.1) is 0 Å². The maximum Gasteiger partial charge on any atom is 0.352 e. The van der Waals surface area contributed by atoms with Gasteiger partial charge in [0.05, 0.1) is 0 Å². The largest absolute Gasteiger partial charge is 0.504 e. The van der Waals surface area contributed by atoms with Gasteiger partial charge in [-0.1, -0.05) is 5.16 Å². The Balaban J connectivity index is 1.26. The summed E-state index contributed by atoms with van der Waals surface area (Å²) in [4.78, 5) is 79.3. The van der Waals surface area contributed by atoms with Crippen molar-refractivity contribution >= 4 is 75.1 Å². The minimum Gasteiger partial charge on any atom is -0.504 e. The van der Waals surface area contributed by atoms with Crippen LogP contribution in [0.25, 0.3) is 0 Å². The zero-order chi connectivity index (χ0) is 38.8. The minimum absolute atomic E-state index is 0.0155. The van der Waals surface area contributed by atoms with Gasteiger partial charge in [0.2, 0.25) is 5.60 Å². The van der Waals surface area contributed by atoms with Crippen molar-refractivity contribution in [2.75, 3.05) is 42.7 Å². The number of carboxylic acids is 2. The number of nitrogens with two attached hydrogens (primary N) is 2. The van der Waals surface area contributed by atoms with Crippen LogP contribution in [0.5, 0.6) is 11.5 Å². The fourth-order valence-corrected chi connectivity index (χ4v) is 6.95. The molecule has 3 amide bonds. The molecular formula is C31H35N10O10S2+. The molecule has 0 spiro atoms. The molecule has 53 heavy (non-hydrogen) atoms. The molecule has 3 aromatic rings. The summed E-state index contributed by atoms with van der Waals surface area (Å²) in [6, 6.07) is 2.61. The van der Waals surface area contributed by atoms with Crippen LogP contribution in [0.2, 0.25) is 0 Å². The summed E-state index contributed by atoms with van der Waals surface area (Å²) in [6.45, 7) is 2.92. The molecule has 2 atom stereocenters. The lowest BCUT2D eigenvalue weighted by atomic mass is 10.0. The van der Waals surface area contributed by atoms with Gasteiger partial charge in [0.25, 0.3) is 29.9 Å². The predicted molar refractivity (Wildman–Crippen MR) is 190 cm³/mol. The molecule has 1 saturated heterocycles. The van der Waals surface area contributed by atoms with Crippen LogP contribution >= 0.6 is 23.1 Å². The number of aromatic nitrogens is 3. The number of nitrogens with zero attached hydrogens (tertiary/aromatic N) is 6. The molecule has 0 radical (unpaired) electrons. The van der Waals surface area contributed by atoms with Gasteiger partial charge in [0, 0.05) is 42.4 Å². The summed E-state index contributed by atoms with van der Waals surface area (Å²) in [6.07, 6.45) is 3.00. The predicted octanol–water partition coefficient (Wildman–Crippen LogP) is -0.392. The first-order chi connectivity index (χ1) is 25.0. The molecule has 4 heterocycles. The quantitative estimate of drug-likeness (QED) is 0.0340. The number of likely N-dealkylation sites (N-methyl/N-ethyl adjacent to an activating group) is 1. The third-order valence-electron chi connectivity index (χ3n) is 8.02. The standard InChI is InChI=1S/C31H34N10O10S2/c1-31(2,29(49)50)51-38-20(17-12-53-30(33)36-17)24(44)37-21-26(46)41-22(28(47)48)15(11-52-27(21)41)9-40-10-16(23(32)35-13-40)34-6-7-39(3)25(45)14-4-5-18(42)19(43)8-14/h4-5,8,10,12-13,21,27,32,34H,6-7,9,11H2,1-3H3,(H7,33,36,37,38,42,43,44,45,47,48,49,50)/p+1/t21-,27-/m1/s1. The lowest BCUT2D eigenvalue weighted by Crippen LogP contribution is -2.71. The van der Waals surface area contributed by atoms with Gasteiger partial charge in [-0.25, -0.2) is 19.1 Å². The molecule has 22 heteroatoms. The first kappa shape index (κ1) is 38.1. The fraction of sp³-hybridized carbons (Fsp3) is 0.323. The number of nitrogen functional groups attached to an aromatic ring is 2. The van der Waals surface area contributed by atoms with E-state index in [1.807, 2.05) is 0 Å². The Bertz CT molecular complexity index is 2050. The number of aliphatic carboxylic acids is 2. The SMILES string of the molecule is CN(CCNc1c[n+](CC2=C(C(=O)O)N3C(=O)[C@@H](NC(=O)/C(=N\OC(C)(C)C(=O)O)c4csc(N)n4)[C@H]3SC2)cnc1N)C(=O)c1ccc(O)c(O)c1. The molecular weight excluding hydrogens is 737 g/mol. The molecule has 2 aromatic heterocycles. The minimum atomic E-state index is -1.80. The van der Waals surface area contributed by atoms with Crippen LogP contribution in [0.4, 0.5) is 16.6 Å². The van der Waals surface area contributed by atoms with E-state index in [0.717, 1.165) is 22.3 Å². The number of carbonyl (C=O) groups excluding carboxylic acids is 3. The molecule has 0 saturated carbocycles. The third-order valence-corrected chi connectivity index (χ3v) is 10.0. The number of aromatic hydroxyl groups is 2. The van der Waals surface area contributed by atoms with Crippen LogP contribution in [-0.4, -0.2) is 118 Å². The van der Waals surface area contributed by atoms with E-state index in [0.29, 0.717) is 11.3 Å². The zero-order valence-electron chi connectivity index (χ0n) is 28.3. The van der Waals surface area contributed by atoms with Crippen LogP contribution in [0.15, 0.2) is 52.5 Å². The number of carbonyl (C=O) groups is 5. The molecule has 1 fully saturated rings. The lowest BCUT2D eigenvalue weighted by molar-refractivity contribution is -0.691. The number of thioether (sulfide) groups is 1. The average molecular weight is 772 g/mol. The summed E-state index contributed by atoms with van der Waals surface area (Å²) in [5.74, 6) is -5.17. The molecule has 0 bridgehead atoms. The van der Waals surface area contributed by atoms with Crippen molar-refractivity contribution in [2.45, 2.75) is 37.4 Å². The number of hydrogen-bond donors (Lipinski definition) is 8. The normalized spacial score (nSPS) is 17.1. The van der Waals surface area contributed by atoms with Crippen molar-refractivity contribution in [1.82, 2.24) is 25.1 Å². The number of carboxylic acid groups (broad SMARTS) is 2. The lowest BCUT2D eigenvalue weighted by Gasteiger charge is -2.49. The van der Waals surface area contributed by atoms with Gasteiger partial charge in [-0.2, -0.15) is 0 Å². The molecule has 2 aliphatic heterocycles. The van der Waals surface area contributed by atoms with Gasteiger partial charge in [0.15, 0.2) is 22.3 Å². The summed E-state index contributed by atoms with van der Waals surface area (Å²) >= 11 is 2.22. The summed E-state index contributed by atoms with van der Waals surface area (Å²) in [7, 11) is 1.56. The number of fused-ring (bicyclic) bond motifs is 1. The highest BCUT2D eigenvalue weighted by atomic mass is 32.2. The smallest absolute Gasteiger partial charge is 0.352 e. The number of benzene rings is 1. The van der Waals surface area contributed by atoms with Crippen molar-refractivity contribution in [3.8, 4) is 11.5 Å². The molecule has 1 aromatic carbocycles. The Morgan fingerprint density at radius 2 is 1.92 bits per heavy atom. The Labute approximate surface area is 308 Å². The number of β-lactam (4-membered cyclic amide) rings is 1. The number of rotatable bonds is 14. The van der Waals surface area contributed by atoms with E-state index in [1.165, 1.54) is 54.3 Å². The van der Waals surface area contributed by atoms with Gasteiger partial charge in [0.1, 0.15) is 41.2 Å². The zero-order valence-corrected chi connectivity index (χ0v) is 30.0. The van der Waals surface area contributed by atoms with E-state index >= 15 is 0 Å². The molecule has 0 unspecified atom stereocenters. The maximum absolute atomic E-state index is 13.4. The number of oxime groups is 1. The molecule has 280 valence electrons. The van der Waals surface area contributed by atoms with Gasteiger partial charge in [-0.05, 0) is 37.0 Å². The number of phenolic OH excluding ortho intramolecular Hbond substituents is 2. The number of hydrogen-bond acceptors (Lipinski definition) is 16. The van der Waals surface area contributed by atoms with Crippen LogP contribution < -0.4 is 26.7 Å². The number of anilines is 3.